The number of nitrogens with one attached hydrogen (secondary N) is 2. The van der Waals surface area contributed by atoms with Crippen molar-refractivity contribution in [2.45, 2.75) is 20.8 Å². The highest BCUT2D eigenvalue weighted by atomic mass is 35.5. The summed E-state index contributed by atoms with van der Waals surface area (Å²) in [5, 5.41) is 22.7. The van der Waals surface area contributed by atoms with Gasteiger partial charge in [0.1, 0.15) is 22.6 Å². The van der Waals surface area contributed by atoms with E-state index in [1.807, 2.05) is 26.8 Å². The summed E-state index contributed by atoms with van der Waals surface area (Å²) in [5.74, 6) is 1.50. The van der Waals surface area contributed by atoms with E-state index in [4.69, 9.17) is 11.6 Å². The molecule has 0 spiro atoms. The normalized spacial score (nSPS) is 15.1. The molecular formula is C20H27ClN6O. The van der Waals surface area contributed by atoms with Crippen LogP contribution < -0.4 is 5.32 Å². The highest BCUT2D eigenvalue weighted by molar-refractivity contribution is 6.29. The summed E-state index contributed by atoms with van der Waals surface area (Å²) in [6.07, 6.45) is 3.10. The van der Waals surface area contributed by atoms with Gasteiger partial charge in [-0.2, -0.15) is 0 Å². The Labute approximate surface area is 170 Å². The van der Waals surface area contributed by atoms with Gasteiger partial charge in [-0.15, -0.1) is 10.2 Å². The molecule has 0 aliphatic carbocycles. The van der Waals surface area contributed by atoms with Gasteiger partial charge in [-0.05, 0) is 25.1 Å². The molecule has 8 heteroatoms. The molecule has 2 heterocycles. The molecule has 3 rings (SSSR count). The first-order valence-corrected chi connectivity index (χ1v) is 9.71. The van der Waals surface area contributed by atoms with Gasteiger partial charge in [-0.25, -0.2) is 4.98 Å². The number of amidine groups is 1. The van der Waals surface area contributed by atoms with Crippen molar-refractivity contribution in [1.82, 2.24) is 20.2 Å². The third-order valence-electron chi connectivity index (χ3n) is 4.16. The van der Waals surface area contributed by atoms with E-state index in [2.05, 4.69) is 37.0 Å². The second-order valence-corrected chi connectivity index (χ2v) is 6.29. The molecule has 0 saturated carbocycles. The monoisotopic (exact) mass is 402 g/mol. The molecule has 1 fully saturated rings. The van der Waals surface area contributed by atoms with Gasteiger partial charge in [-0.3, -0.25) is 0 Å². The standard InChI is InChI=1S/C18H21ClN6O.C2H6/c1-3-15(24-23-12(2)25-8-6-20-7-9-25)14-5-4-13(10-16(14)26)18-21-11-17(19)22-18;1-2/h3-5,10-11,20,26H,1,6-9H2,2H3,(H,21,22);1-2H3/b23-12+,24-15+;. The van der Waals surface area contributed by atoms with Gasteiger partial charge in [0.25, 0.3) is 0 Å². The number of halogens is 1. The topological polar surface area (TPSA) is 88.9 Å². The average molecular weight is 403 g/mol. The number of nitrogens with zero attached hydrogens (tertiary/aromatic N) is 4. The van der Waals surface area contributed by atoms with Gasteiger partial charge in [0.15, 0.2) is 0 Å². The number of imidazole rings is 1. The largest absolute Gasteiger partial charge is 0.507 e. The number of phenols is 1. The summed E-state index contributed by atoms with van der Waals surface area (Å²) in [4.78, 5) is 9.24. The molecule has 1 aromatic heterocycles. The van der Waals surface area contributed by atoms with Gasteiger partial charge in [0, 0.05) is 37.3 Å². The first-order valence-electron chi connectivity index (χ1n) is 9.33. The molecule has 0 amide bonds. The zero-order valence-corrected chi connectivity index (χ0v) is 17.3. The molecule has 0 unspecified atom stereocenters. The molecule has 0 bridgehead atoms. The van der Waals surface area contributed by atoms with E-state index in [0.29, 0.717) is 22.3 Å². The fourth-order valence-corrected chi connectivity index (χ4v) is 2.86. The van der Waals surface area contributed by atoms with Crippen molar-refractivity contribution in [2.24, 2.45) is 10.2 Å². The number of phenolic OH excluding ortho intramolecular Hbond substituents is 1. The Morgan fingerprint density at radius 3 is 2.57 bits per heavy atom. The predicted octanol–water partition coefficient (Wildman–Crippen LogP) is 3.68. The van der Waals surface area contributed by atoms with Crippen molar-refractivity contribution in [1.29, 1.82) is 0 Å². The van der Waals surface area contributed by atoms with Crippen molar-refractivity contribution in [3.05, 3.63) is 47.8 Å². The lowest BCUT2D eigenvalue weighted by molar-refractivity contribution is 0.355. The molecule has 150 valence electrons. The third kappa shape index (κ3) is 5.43. The summed E-state index contributed by atoms with van der Waals surface area (Å²) >= 11 is 5.85. The number of rotatable bonds is 4. The molecule has 0 atom stereocenters. The Kier molecular flexibility index (Phi) is 8.22. The van der Waals surface area contributed by atoms with Crippen molar-refractivity contribution >= 4 is 23.1 Å². The van der Waals surface area contributed by atoms with Crippen molar-refractivity contribution in [3.63, 3.8) is 0 Å². The van der Waals surface area contributed by atoms with Crippen molar-refractivity contribution in [3.8, 4) is 17.1 Å². The first kappa shape index (κ1) is 21.7. The molecule has 1 saturated heterocycles. The Bertz CT molecular complexity index is 852. The Morgan fingerprint density at radius 2 is 2.00 bits per heavy atom. The van der Waals surface area contributed by atoms with E-state index in [1.165, 1.54) is 6.20 Å². The fourth-order valence-electron chi connectivity index (χ4n) is 2.72. The highest BCUT2D eigenvalue weighted by Gasteiger charge is 2.12. The number of aromatic nitrogens is 2. The van der Waals surface area contributed by atoms with Crippen LogP contribution in [0.5, 0.6) is 5.75 Å². The van der Waals surface area contributed by atoms with Crippen molar-refractivity contribution in [2.75, 3.05) is 26.2 Å². The quantitative estimate of drug-likeness (QED) is 0.413. The summed E-state index contributed by atoms with van der Waals surface area (Å²) in [6, 6.07) is 5.20. The lowest BCUT2D eigenvalue weighted by Gasteiger charge is -2.28. The Balaban J connectivity index is 0.00000136. The van der Waals surface area contributed by atoms with Crippen LogP contribution >= 0.6 is 11.6 Å². The molecule has 28 heavy (non-hydrogen) atoms. The second-order valence-electron chi connectivity index (χ2n) is 5.89. The van der Waals surface area contributed by atoms with E-state index in [-0.39, 0.29) is 5.75 Å². The molecule has 7 nitrogen and oxygen atoms in total. The van der Waals surface area contributed by atoms with Crippen molar-refractivity contribution < 1.29 is 5.11 Å². The number of allylic oxidation sites excluding steroid dienone is 1. The number of H-pyrrole nitrogens is 1. The highest BCUT2D eigenvalue weighted by Crippen LogP contribution is 2.26. The van der Waals surface area contributed by atoms with Crippen LogP contribution in [0.1, 0.15) is 26.3 Å². The zero-order chi connectivity index (χ0) is 20.5. The number of benzene rings is 1. The second kappa shape index (κ2) is 10.6. The smallest absolute Gasteiger partial charge is 0.138 e. The van der Waals surface area contributed by atoms with E-state index < -0.39 is 0 Å². The SMILES string of the molecule is C=C/C(=N\N=C(/C)N1CCNCC1)c1ccc(-c2ncc(Cl)[nH]2)cc1O.CC. The number of piperazine rings is 1. The molecule has 1 aliphatic heterocycles. The Morgan fingerprint density at radius 1 is 1.29 bits per heavy atom. The van der Waals surface area contributed by atoms with E-state index >= 15 is 0 Å². The van der Waals surface area contributed by atoms with Crippen LogP contribution in [-0.4, -0.2) is 57.7 Å². The van der Waals surface area contributed by atoms with Crippen LogP contribution in [0.4, 0.5) is 0 Å². The third-order valence-corrected chi connectivity index (χ3v) is 4.35. The van der Waals surface area contributed by atoms with Crippen LogP contribution in [0.3, 0.4) is 0 Å². The maximum atomic E-state index is 10.4. The summed E-state index contributed by atoms with van der Waals surface area (Å²) in [5.41, 5.74) is 1.78. The first-order chi connectivity index (χ1) is 13.6. The summed E-state index contributed by atoms with van der Waals surface area (Å²) in [7, 11) is 0. The summed E-state index contributed by atoms with van der Waals surface area (Å²) < 4.78 is 0. The lowest BCUT2D eigenvalue weighted by Crippen LogP contribution is -2.45. The van der Waals surface area contributed by atoms with Gasteiger partial charge in [-0.1, -0.05) is 38.1 Å². The fraction of sp³-hybridized carbons (Fsp3) is 0.350. The molecular weight excluding hydrogens is 376 g/mol. The molecule has 1 aliphatic rings. The zero-order valence-electron chi connectivity index (χ0n) is 16.5. The van der Waals surface area contributed by atoms with E-state index in [1.54, 1.807) is 18.2 Å². The minimum atomic E-state index is 0.0729. The van der Waals surface area contributed by atoms with Crippen LogP contribution in [0.25, 0.3) is 11.4 Å². The molecule has 0 radical (unpaired) electrons. The Hall–Kier alpha value is -2.64. The number of aromatic hydroxyl groups is 1. The maximum Gasteiger partial charge on any atom is 0.138 e. The van der Waals surface area contributed by atoms with Crippen LogP contribution in [0.2, 0.25) is 5.15 Å². The minimum absolute atomic E-state index is 0.0729. The predicted molar refractivity (Wildman–Crippen MR) is 116 cm³/mol. The van der Waals surface area contributed by atoms with E-state index in [0.717, 1.165) is 37.6 Å². The van der Waals surface area contributed by atoms with Gasteiger partial charge >= 0.3 is 0 Å². The minimum Gasteiger partial charge on any atom is -0.507 e. The van der Waals surface area contributed by atoms with Gasteiger partial charge in [0.2, 0.25) is 0 Å². The van der Waals surface area contributed by atoms with Crippen LogP contribution in [-0.2, 0) is 0 Å². The lowest BCUT2D eigenvalue weighted by atomic mass is 10.1. The number of aromatic amines is 1. The average Bonchev–Trinajstić information content (AvgIpc) is 3.17. The molecule has 1 aromatic carbocycles. The van der Waals surface area contributed by atoms with Crippen LogP contribution in [0.15, 0.2) is 47.3 Å². The number of hydrogen-bond acceptors (Lipinski definition) is 5. The molecule has 2 aromatic rings. The maximum absolute atomic E-state index is 10.4. The summed E-state index contributed by atoms with van der Waals surface area (Å²) in [6.45, 7) is 13.4. The van der Waals surface area contributed by atoms with Crippen LogP contribution in [0, 0.1) is 0 Å². The number of hydrogen-bond donors (Lipinski definition) is 3. The van der Waals surface area contributed by atoms with Gasteiger partial charge < -0.3 is 20.3 Å². The van der Waals surface area contributed by atoms with E-state index in [9.17, 15) is 5.11 Å². The molecule has 3 N–H and O–H groups in total. The van der Waals surface area contributed by atoms with Gasteiger partial charge in [0.05, 0.1) is 11.9 Å².